The molecule has 0 saturated carbocycles. The maximum Gasteiger partial charge on any atom is 0.222 e. The zero-order valence-electron chi connectivity index (χ0n) is 10.9. The molecule has 104 valence electrons. The van der Waals surface area contributed by atoms with Gasteiger partial charge in [0.15, 0.2) is 0 Å². The van der Waals surface area contributed by atoms with Crippen molar-refractivity contribution in [3.05, 3.63) is 0 Å². The zero-order valence-corrected chi connectivity index (χ0v) is 11.8. The van der Waals surface area contributed by atoms with Gasteiger partial charge in [-0.2, -0.15) is 12.6 Å². The van der Waals surface area contributed by atoms with Crippen LogP contribution >= 0.6 is 12.6 Å². The summed E-state index contributed by atoms with van der Waals surface area (Å²) >= 11 is 4.27. The second kappa shape index (κ2) is 6.78. The molecule has 5 heteroatoms. The topological polar surface area (TPSA) is 43.8 Å². The normalized spacial score (nSPS) is 27.1. The highest BCUT2D eigenvalue weighted by Crippen LogP contribution is 2.19. The van der Waals surface area contributed by atoms with Crippen molar-refractivity contribution in [3.8, 4) is 0 Å². The molecule has 1 unspecified atom stereocenters. The Kier molecular flexibility index (Phi) is 5.33. The van der Waals surface area contributed by atoms with Crippen LogP contribution in [0.25, 0.3) is 0 Å². The quantitative estimate of drug-likeness (QED) is 0.721. The molecule has 0 aromatic rings. The van der Waals surface area contributed by atoms with Gasteiger partial charge >= 0.3 is 0 Å². The first-order valence-electron chi connectivity index (χ1n) is 6.98. The fourth-order valence-electron chi connectivity index (χ4n) is 2.82. The third kappa shape index (κ3) is 3.87. The number of likely N-dealkylation sites (tertiary alicyclic amines) is 2. The Labute approximate surface area is 115 Å². The SMILES string of the molecule is O=C1CC(CS)CN1CCCN1CCC(O)CC1. The largest absolute Gasteiger partial charge is 0.393 e. The summed E-state index contributed by atoms with van der Waals surface area (Å²) in [5.41, 5.74) is 0. The van der Waals surface area contributed by atoms with E-state index in [4.69, 9.17) is 0 Å². The van der Waals surface area contributed by atoms with E-state index >= 15 is 0 Å². The van der Waals surface area contributed by atoms with Gasteiger partial charge in [0.2, 0.25) is 5.91 Å². The fourth-order valence-corrected chi connectivity index (χ4v) is 3.07. The standard InChI is InChI=1S/C13H24N2O2S/c16-12-2-6-14(7-3-12)4-1-5-15-9-11(10-18)8-13(15)17/h11-12,16,18H,1-10H2. The fraction of sp³-hybridized carbons (Fsp3) is 0.923. The summed E-state index contributed by atoms with van der Waals surface area (Å²) in [4.78, 5) is 16.1. The number of piperidine rings is 1. The van der Waals surface area contributed by atoms with Crippen molar-refractivity contribution in [1.82, 2.24) is 9.80 Å². The maximum atomic E-state index is 11.7. The molecule has 0 bridgehead atoms. The molecule has 2 heterocycles. The van der Waals surface area contributed by atoms with Crippen molar-refractivity contribution >= 4 is 18.5 Å². The van der Waals surface area contributed by atoms with Crippen LogP contribution in [0.5, 0.6) is 0 Å². The summed E-state index contributed by atoms with van der Waals surface area (Å²) in [6, 6.07) is 0. The van der Waals surface area contributed by atoms with E-state index in [1.54, 1.807) is 0 Å². The highest BCUT2D eigenvalue weighted by atomic mass is 32.1. The van der Waals surface area contributed by atoms with Gasteiger partial charge in [-0.05, 0) is 37.5 Å². The number of rotatable bonds is 5. The Morgan fingerprint density at radius 2 is 2.00 bits per heavy atom. The van der Waals surface area contributed by atoms with Crippen molar-refractivity contribution in [1.29, 1.82) is 0 Å². The highest BCUT2D eigenvalue weighted by Gasteiger charge is 2.28. The van der Waals surface area contributed by atoms with E-state index in [1.165, 1.54) is 0 Å². The Hall–Kier alpha value is -0.260. The molecule has 1 N–H and O–H groups in total. The van der Waals surface area contributed by atoms with Gasteiger partial charge in [0, 0.05) is 32.6 Å². The lowest BCUT2D eigenvalue weighted by Crippen LogP contribution is -2.37. The molecule has 2 fully saturated rings. The molecule has 2 aliphatic rings. The lowest BCUT2D eigenvalue weighted by molar-refractivity contribution is -0.127. The number of thiol groups is 1. The average Bonchev–Trinajstić information content (AvgIpc) is 2.73. The van der Waals surface area contributed by atoms with Crippen LogP contribution < -0.4 is 0 Å². The number of aliphatic hydroxyl groups excluding tert-OH is 1. The highest BCUT2D eigenvalue weighted by molar-refractivity contribution is 7.80. The number of carbonyl (C=O) groups is 1. The van der Waals surface area contributed by atoms with Crippen LogP contribution in [0.4, 0.5) is 0 Å². The molecule has 1 atom stereocenters. The molecule has 0 radical (unpaired) electrons. The van der Waals surface area contributed by atoms with E-state index in [1.807, 2.05) is 4.90 Å². The summed E-state index contributed by atoms with van der Waals surface area (Å²) in [6.07, 6.45) is 3.41. The lowest BCUT2D eigenvalue weighted by Gasteiger charge is -2.30. The van der Waals surface area contributed by atoms with Crippen LogP contribution in [0.1, 0.15) is 25.7 Å². The molecular weight excluding hydrogens is 248 g/mol. The first kappa shape index (κ1) is 14.2. The van der Waals surface area contributed by atoms with Gasteiger partial charge in [-0.25, -0.2) is 0 Å². The summed E-state index contributed by atoms with van der Waals surface area (Å²) < 4.78 is 0. The summed E-state index contributed by atoms with van der Waals surface area (Å²) in [7, 11) is 0. The van der Waals surface area contributed by atoms with Crippen LogP contribution in [0.3, 0.4) is 0 Å². The van der Waals surface area contributed by atoms with Crippen molar-refractivity contribution in [2.75, 3.05) is 38.5 Å². The number of nitrogens with zero attached hydrogens (tertiary/aromatic N) is 2. The first-order chi connectivity index (χ1) is 8.69. The number of hydrogen-bond donors (Lipinski definition) is 2. The van der Waals surface area contributed by atoms with E-state index in [0.29, 0.717) is 18.2 Å². The van der Waals surface area contributed by atoms with Crippen molar-refractivity contribution < 1.29 is 9.90 Å². The number of hydrogen-bond acceptors (Lipinski definition) is 4. The molecule has 2 rings (SSSR count). The summed E-state index contributed by atoms with van der Waals surface area (Å²) in [6.45, 7) is 4.80. The van der Waals surface area contributed by atoms with Crippen molar-refractivity contribution in [2.45, 2.75) is 31.8 Å². The van der Waals surface area contributed by atoms with Crippen LogP contribution in [0.15, 0.2) is 0 Å². The Balaban J connectivity index is 1.62. The Bertz CT molecular complexity index is 280. The second-order valence-electron chi connectivity index (χ2n) is 5.52. The van der Waals surface area contributed by atoms with Gasteiger partial charge in [0.25, 0.3) is 0 Å². The second-order valence-corrected chi connectivity index (χ2v) is 5.88. The van der Waals surface area contributed by atoms with Crippen molar-refractivity contribution in [3.63, 3.8) is 0 Å². The van der Waals surface area contributed by atoms with Crippen LogP contribution in [-0.4, -0.2) is 65.4 Å². The molecule has 1 amide bonds. The van der Waals surface area contributed by atoms with Crippen LogP contribution in [-0.2, 0) is 4.79 Å². The molecule has 4 nitrogen and oxygen atoms in total. The summed E-state index contributed by atoms with van der Waals surface area (Å²) in [5.74, 6) is 1.56. The van der Waals surface area contributed by atoms with E-state index < -0.39 is 0 Å². The van der Waals surface area contributed by atoms with E-state index in [-0.39, 0.29) is 6.10 Å². The van der Waals surface area contributed by atoms with Gasteiger partial charge in [-0.1, -0.05) is 0 Å². The number of carbonyl (C=O) groups excluding carboxylic acids is 1. The molecule has 0 aromatic heterocycles. The zero-order chi connectivity index (χ0) is 13.0. The van der Waals surface area contributed by atoms with Gasteiger partial charge in [-0.3, -0.25) is 4.79 Å². The minimum atomic E-state index is -0.0995. The molecule has 18 heavy (non-hydrogen) atoms. The monoisotopic (exact) mass is 272 g/mol. The number of aliphatic hydroxyl groups is 1. The van der Waals surface area contributed by atoms with Gasteiger partial charge in [0.1, 0.15) is 0 Å². The molecular formula is C13H24N2O2S. The lowest BCUT2D eigenvalue weighted by atomic mass is 10.1. The molecule has 0 aliphatic carbocycles. The van der Waals surface area contributed by atoms with Gasteiger partial charge < -0.3 is 14.9 Å². The maximum absolute atomic E-state index is 11.7. The molecule has 2 aliphatic heterocycles. The summed E-state index contributed by atoms with van der Waals surface area (Å²) in [5, 5.41) is 9.43. The predicted octanol–water partition coefficient (Wildman–Crippen LogP) is 0.611. The Morgan fingerprint density at radius 1 is 1.28 bits per heavy atom. The molecule has 0 aromatic carbocycles. The molecule has 2 saturated heterocycles. The van der Waals surface area contributed by atoms with Crippen LogP contribution in [0, 0.1) is 5.92 Å². The minimum Gasteiger partial charge on any atom is -0.393 e. The minimum absolute atomic E-state index is 0.0995. The van der Waals surface area contributed by atoms with Gasteiger partial charge in [0.05, 0.1) is 6.10 Å². The first-order valence-corrected chi connectivity index (χ1v) is 7.61. The van der Waals surface area contributed by atoms with E-state index in [0.717, 1.165) is 57.7 Å². The van der Waals surface area contributed by atoms with Crippen LogP contribution in [0.2, 0.25) is 0 Å². The smallest absolute Gasteiger partial charge is 0.222 e. The van der Waals surface area contributed by atoms with E-state index in [9.17, 15) is 9.90 Å². The third-order valence-electron chi connectivity index (χ3n) is 4.01. The Morgan fingerprint density at radius 3 is 2.61 bits per heavy atom. The van der Waals surface area contributed by atoms with Gasteiger partial charge in [-0.15, -0.1) is 0 Å². The average molecular weight is 272 g/mol. The van der Waals surface area contributed by atoms with Crippen molar-refractivity contribution in [2.24, 2.45) is 5.92 Å². The molecule has 0 spiro atoms. The number of amides is 1. The van der Waals surface area contributed by atoms with E-state index in [2.05, 4.69) is 17.5 Å². The predicted molar refractivity (Wildman–Crippen MR) is 74.8 cm³/mol. The third-order valence-corrected chi connectivity index (χ3v) is 4.53.